The molecule has 0 saturated carbocycles. The normalized spacial score (nSPS) is 13.5. The van der Waals surface area contributed by atoms with Crippen LogP contribution >= 0.6 is 0 Å². The lowest BCUT2D eigenvalue weighted by Gasteiger charge is -2.16. The minimum atomic E-state index is -4.38. The molecule has 5 heteroatoms. The number of benzene rings is 1. The molecule has 1 atom stereocenters. The van der Waals surface area contributed by atoms with Crippen molar-refractivity contribution >= 4 is 0 Å². The Morgan fingerprint density at radius 1 is 1.29 bits per heavy atom. The second-order valence-corrected chi connectivity index (χ2v) is 4.01. The molecular formula is C12H13F3N2. The molecule has 1 N–H and O–H groups in total. The molecule has 0 spiro atoms. The van der Waals surface area contributed by atoms with Crippen LogP contribution in [-0.4, -0.2) is 6.04 Å². The monoisotopic (exact) mass is 242 g/mol. The Kier molecular flexibility index (Phi) is 4.13. The summed E-state index contributed by atoms with van der Waals surface area (Å²) in [6.45, 7) is 3.66. The molecule has 92 valence electrons. The second-order valence-electron chi connectivity index (χ2n) is 4.01. The predicted octanol–water partition coefficient (Wildman–Crippen LogP) is 3.27. The number of halogens is 3. The number of rotatable bonds is 3. The van der Waals surface area contributed by atoms with Crippen molar-refractivity contribution in [1.29, 1.82) is 5.26 Å². The highest BCUT2D eigenvalue weighted by molar-refractivity contribution is 5.30. The molecule has 0 radical (unpaired) electrons. The van der Waals surface area contributed by atoms with Crippen LogP contribution in [0.1, 0.15) is 31.0 Å². The van der Waals surface area contributed by atoms with Crippen LogP contribution in [0.2, 0.25) is 0 Å². The Morgan fingerprint density at radius 3 is 2.41 bits per heavy atom. The molecule has 0 bridgehead atoms. The van der Waals surface area contributed by atoms with Gasteiger partial charge in [0.15, 0.2) is 0 Å². The summed E-state index contributed by atoms with van der Waals surface area (Å²) in [6, 6.07) is 6.07. The average molecular weight is 242 g/mol. The van der Waals surface area contributed by atoms with Crippen molar-refractivity contribution < 1.29 is 13.2 Å². The van der Waals surface area contributed by atoms with Gasteiger partial charge >= 0.3 is 6.18 Å². The van der Waals surface area contributed by atoms with Crippen molar-refractivity contribution in [2.24, 2.45) is 0 Å². The van der Waals surface area contributed by atoms with E-state index >= 15 is 0 Å². The summed E-state index contributed by atoms with van der Waals surface area (Å²) in [5.74, 6) is 0. The molecule has 2 nitrogen and oxygen atoms in total. The van der Waals surface area contributed by atoms with Gasteiger partial charge in [0.25, 0.3) is 0 Å². The van der Waals surface area contributed by atoms with Crippen molar-refractivity contribution in [2.45, 2.75) is 32.1 Å². The highest BCUT2D eigenvalue weighted by Crippen LogP contribution is 2.30. The first-order valence-corrected chi connectivity index (χ1v) is 5.17. The number of nitriles is 1. The van der Waals surface area contributed by atoms with E-state index in [9.17, 15) is 13.2 Å². The van der Waals surface area contributed by atoms with E-state index in [1.807, 2.05) is 19.9 Å². The summed E-state index contributed by atoms with van der Waals surface area (Å²) in [5, 5.41) is 11.8. The minimum absolute atomic E-state index is 0.0224. The molecule has 0 aromatic heterocycles. The number of hydrogen-bond donors (Lipinski definition) is 1. The van der Waals surface area contributed by atoms with Gasteiger partial charge in [0.2, 0.25) is 0 Å². The Balaban J connectivity index is 3.02. The van der Waals surface area contributed by atoms with E-state index in [2.05, 4.69) is 5.32 Å². The van der Waals surface area contributed by atoms with Crippen molar-refractivity contribution in [3.05, 3.63) is 35.4 Å². The molecule has 1 aromatic carbocycles. The summed E-state index contributed by atoms with van der Waals surface area (Å²) in [6.07, 6.45) is -4.38. The summed E-state index contributed by atoms with van der Waals surface area (Å²) >= 11 is 0. The molecule has 0 saturated heterocycles. The Labute approximate surface area is 98.1 Å². The lowest BCUT2D eigenvalue weighted by Crippen LogP contribution is -2.27. The largest absolute Gasteiger partial charge is 0.416 e. The number of nitrogens with zero attached hydrogens (tertiary/aromatic N) is 1. The van der Waals surface area contributed by atoms with Gasteiger partial charge in [-0.25, -0.2) is 0 Å². The van der Waals surface area contributed by atoms with E-state index in [4.69, 9.17) is 5.26 Å². The zero-order valence-electron chi connectivity index (χ0n) is 9.55. The lowest BCUT2D eigenvalue weighted by atomic mass is 10.0. The van der Waals surface area contributed by atoms with Gasteiger partial charge in [-0.2, -0.15) is 18.4 Å². The maximum absolute atomic E-state index is 12.5. The minimum Gasteiger partial charge on any atom is -0.296 e. The van der Waals surface area contributed by atoms with E-state index < -0.39 is 17.8 Å². The first-order chi connectivity index (χ1) is 7.84. The van der Waals surface area contributed by atoms with Crippen molar-refractivity contribution in [2.75, 3.05) is 0 Å². The summed E-state index contributed by atoms with van der Waals surface area (Å²) in [4.78, 5) is 0. The van der Waals surface area contributed by atoms with Crippen LogP contribution in [0.4, 0.5) is 13.2 Å². The average Bonchev–Trinajstić information content (AvgIpc) is 2.24. The first-order valence-electron chi connectivity index (χ1n) is 5.17. The summed E-state index contributed by atoms with van der Waals surface area (Å²) in [7, 11) is 0. The quantitative estimate of drug-likeness (QED) is 0.883. The zero-order valence-corrected chi connectivity index (χ0v) is 9.55. The van der Waals surface area contributed by atoms with Crippen molar-refractivity contribution in [3.8, 4) is 6.07 Å². The van der Waals surface area contributed by atoms with Crippen LogP contribution in [-0.2, 0) is 6.18 Å². The van der Waals surface area contributed by atoms with E-state index in [0.29, 0.717) is 5.56 Å². The molecule has 0 aliphatic carbocycles. The Hall–Kier alpha value is -1.54. The third-order valence-electron chi connectivity index (χ3n) is 2.18. The summed E-state index contributed by atoms with van der Waals surface area (Å²) < 4.78 is 37.5. The fourth-order valence-electron chi connectivity index (χ4n) is 1.44. The van der Waals surface area contributed by atoms with Gasteiger partial charge in [0, 0.05) is 6.04 Å². The third kappa shape index (κ3) is 3.75. The zero-order chi connectivity index (χ0) is 13.1. The molecule has 0 amide bonds. The predicted molar refractivity (Wildman–Crippen MR) is 58.1 cm³/mol. The molecular weight excluding hydrogens is 229 g/mol. The van der Waals surface area contributed by atoms with Gasteiger partial charge < -0.3 is 0 Å². The fraction of sp³-hybridized carbons (Fsp3) is 0.417. The molecule has 17 heavy (non-hydrogen) atoms. The molecule has 0 aliphatic heterocycles. The number of hydrogen-bond acceptors (Lipinski definition) is 2. The summed E-state index contributed by atoms with van der Waals surface area (Å²) in [5.41, 5.74) is -0.406. The SMILES string of the molecule is CC(C)NC(C#N)c1cccc(C(F)(F)F)c1. The van der Waals surface area contributed by atoms with E-state index in [1.165, 1.54) is 12.1 Å². The van der Waals surface area contributed by atoms with Gasteiger partial charge in [-0.05, 0) is 31.5 Å². The molecule has 0 fully saturated rings. The van der Waals surface area contributed by atoms with E-state index in [0.717, 1.165) is 12.1 Å². The highest BCUT2D eigenvalue weighted by atomic mass is 19.4. The van der Waals surface area contributed by atoms with Crippen LogP contribution in [0.25, 0.3) is 0 Å². The molecule has 0 aliphatic rings. The molecule has 1 unspecified atom stereocenters. The second kappa shape index (κ2) is 5.19. The molecule has 1 aromatic rings. The standard InChI is InChI=1S/C12H13F3N2/c1-8(2)17-11(7-16)9-4-3-5-10(6-9)12(13,14)15/h3-6,8,11,17H,1-2H3. The third-order valence-corrected chi connectivity index (χ3v) is 2.18. The Bertz CT molecular complexity index is 418. The van der Waals surface area contributed by atoms with Gasteiger partial charge in [0.1, 0.15) is 6.04 Å². The van der Waals surface area contributed by atoms with Crippen molar-refractivity contribution in [3.63, 3.8) is 0 Å². The van der Waals surface area contributed by atoms with Crippen molar-refractivity contribution in [1.82, 2.24) is 5.32 Å². The highest BCUT2D eigenvalue weighted by Gasteiger charge is 2.31. The maximum Gasteiger partial charge on any atom is 0.416 e. The topological polar surface area (TPSA) is 35.8 Å². The van der Waals surface area contributed by atoms with Gasteiger partial charge in [-0.15, -0.1) is 0 Å². The fourth-order valence-corrected chi connectivity index (χ4v) is 1.44. The first kappa shape index (κ1) is 13.5. The van der Waals surface area contributed by atoms with E-state index in [-0.39, 0.29) is 6.04 Å². The number of nitrogens with one attached hydrogen (secondary N) is 1. The van der Waals surface area contributed by atoms with Crippen LogP contribution in [0.3, 0.4) is 0 Å². The van der Waals surface area contributed by atoms with Crippen LogP contribution in [0.15, 0.2) is 24.3 Å². The molecule has 0 heterocycles. The van der Waals surface area contributed by atoms with Crippen LogP contribution in [0, 0.1) is 11.3 Å². The maximum atomic E-state index is 12.5. The van der Waals surface area contributed by atoms with Gasteiger partial charge in [0.05, 0.1) is 11.6 Å². The van der Waals surface area contributed by atoms with Crippen LogP contribution in [0.5, 0.6) is 0 Å². The number of alkyl halides is 3. The molecule has 1 rings (SSSR count). The van der Waals surface area contributed by atoms with E-state index in [1.54, 1.807) is 0 Å². The van der Waals surface area contributed by atoms with Gasteiger partial charge in [-0.1, -0.05) is 12.1 Å². The smallest absolute Gasteiger partial charge is 0.296 e. The Morgan fingerprint density at radius 2 is 1.94 bits per heavy atom. The van der Waals surface area contributed by atoms with Gasteiger partial charge in [-0.3, -0.25) is 5.32 Å². The lowest BCUT2D eigenvalue weighted by molar-refractivity contribution is -0.137. The van der Waals surface area contributed by atoms with Crippen LogP contribution < -0.4 is 5.32 Å².